The van der Waals surface area contributed by atoms with Crippen molar-refractivity contribution in [1.82, 2.24) is 5.32 Å². The Morgan fingerprint density at radius 3 is 2.76 bits per heavy atom. The van der Waals surface area contributed by atoms with Gasteiger partial charge in [0.1, 0.15) is 5.75 Å². The summed E-state index contributed by atoms with van der Waals surface area (Å²) in [5.74, 6) is 0.853. The van der Waals surface area contributed by atoms with Crippen LogP contribution in [0.15, 0.2) is 24.3 Å². The van der Waals surface area contributed by atoms with Crippen LogP contribution in [-0.2, 0) is 20.8 Å². The number of hydrogen-bond acceptors (Lipinski definition) is 5. The molecule has 118 valence electrons. The van der Waals surface area contributed by atoms with Gasteiger partial charge in [0.2, 0.25) is 0 Å². The summed E-state index contributed by atoms with van der Waals surface area (Å²) in [6, 6.07) is 8.30. The maximum atomic E-state index is 5.98. The quantitative estimate of drug-likeness (QED) is 0.701. The molecule has 0 heterocycles. The molecule has 1 aromatic rings. The van der Waals surface area contributed by atoms with Crippen molar-refractivity contribution in [2.24, 2.45) is 0 Å². The Hall–Kier alpha value is -1.14. The third-order valence-electron chi connectivity index (χ3n) is 3.82. The van der Waals surface area contributed by atoms with Crippen LogP contribution in [0, 0.1) is 0 Å². The Morgan fingerprint density at radius 1 is 1.19 bits per heavy atom. The van der Waals surface area contributed by atoms with Gasteiger partial charge < -0.3 is 24.3 Å². The molecule has 3 unspecified atom stereocenters. The van der Waals surface area contributed by atoms with Gasteiger partial charge in [-0.25, -0.2) is 0 Å². The molecule has 0 aliphatic heterocycles. The van der Waals surface area contributed by atoms with E-state index in [1.807, 2.05) is 31.3 Å². The van der Waals surface area contributed by atoms with Crippen LogP contribution in [0.3, 0.4) is 0 Å². The van der Waals surface area contributed by atoms with Crippen LogP contribution < -0.4 is 10.1 Å². The molecule has 0 saturated heterocycles. The average Bonchev–Trinajstić information content (AvgIpc) is 2.51. The normalized spacial score (nSPS) is 24.6. The second-order valence-corrected chi connectivity index (χ2v) is 5.16. The SMILES string of the molecule is CNC1CC(OCc2cccc(OC)c2)C1OCCOC. The van der Waals surface area contributed by atoms with E-state index in [9.17, 15) is 0 Å². The largest absolute Gasteiger partial charge is 0.497 e. The molecule has 2 rings (SSSR count). The fourth-order valence-corrected chi connectivity index (χ4v) is 2.48. The summed E-state index contributed by atoms with van der Waals surface area (Å²) >= 11 is 0. The van der Waals surface area contributed by atoms with Gasteiger partial charge in [-0.2, -0.15) is 0 Å². The van der Waals surface area contributed by atoms with Crippen molar-refractivity contribution in [3.8, 4) is 5.75 Å². The average molecular weight is 295 g/mol. The summed E-state index contributed by atoms with van der Waals surface area (Å²) in [6.07, 6.45) is 1.19. The molecule has 0 spiro atoms. The van der Waals surface area contributed by atoms with Gasteiger partial charge in [0.25, 0.3) is 0 Å². The second kappa shape index (κ2) is 8.34. The van der Waals surface area contributed by atoms with E-state index in [1.165, 1.54) is 0 Å². The zero-order valence-electron chi connectivity index (χ0n) is 13.0. The minimum atomic E-state index is 0.0933. The van der Waals surface area contributed by atoms with Gasteiger partial charge in [0.15, 0.2) is 0 Å². The molecule has 3 atom stereocenters. The van der Waals surface area contributed by atoms with E-state index in [0.29, 0.717) is 25.9 Å². The molecule has 1 aliphatic carbocycles. The zero-order valence-corrected chi connectivity index (χ0v) is 13.0. The third kappa shape index (κ3) is 4.41. The van der Waals surface area contributed by atoms with Gasteiger partial charge in [-0.3, -0.25) is 0 Å². The molecule has 5 nitrogen and oxygen atoms in total. The first-order valence-electron chi connectivity index (χ1n) is 7.30. The van der Waals surface area contributed by atoms with E-state index < -0.39 is 0 Å². The lowest BCUT2D eigenvalue weighted by Gasteiger charge is -2.43. The maximum Gasteiger partial charge on any atom is 0.119 e. The molecule has 5 heteroatoms. The molecule has 0 radical (unpaired) electrons. The summed E-state index contributed by atoms with van der Waals surface area (Å²) in [6.45, 7) is 1.77. The molecular weight excluding hydrogens is 270 g/mol. The van der Waals surface area contributed by atoms with Gasteiger partial charge in [-0.15, -0.1) is 0 Å². The summed E-state index contributed by atoms with van der Waals surface area (Å²) < 4.78 is 22.0. The van der Waals surface area contributed by atoms with E-state index >= 15 is 0 Å². The first-order chi connectivity index (χ1) is 10.3. The van der Waals surface area contributed by atoms with Crippen LogP contribution in [0.2, 0.25) is 0 Å². The van der Waals surface area contributed by atoms with Crippen LogP contribution in [0.25, 0.3) is 0 Å². The first-order valence-corrected chi connectivity index (χ1v) is 7.30. The molecule has 0 aromatic heterocycles. The van der Waals surface area contributed by atoms with Crippen molar-refractivity contribution in [3.63, 3.8) is 0 Å². The minimum absolute atomic E-state index is 0.0933. The highest BCUT2D eigenvalue weighted by Gasteiger charge is 2.41. The van der Waals surface area contributed by atoms with Gasteiger partial charge in [0.05, 0.1) is 39.1 Å². The zero-order chi connectivity index (χ0) is 15.1. The minimum Gasteiger partial charge on any atom is -0.497 e. The lowest BCUT2D eigenvalue weighted by atomic mass is 9.85. The van der Waals surface area contributed by atoms with Gasteiger partial charge >= 0.3 is 0 Å². The van der Waals surface area contributed by atoms with Gasteiger partial charge in [0, 0.05) is 13.2 Å². The molecule has 1 aromatic carbocycles. The number of methoxy groups -OCH3 is 2. The predicted octanol–water partition coefficient (Wildman–Crippen LogP) is 1.60. The Morgan fingerprint density at radius 2 is 2.05 bits per heavy atom. The van der Waals surface area contributed by atoms with Crippen LogP contribution in [0.4, 0.5) is 0 Å². The molecule has 1 saturated carbocycles. The number of likely N-dealkylation sites (N-methyl/N-ethyl adjacent to an activating group) is 1. The topological polar surface area (TPSA) is 49.0 Å². The molecule has 0 bridgehead atoms. The highest BCUT2D eigenvalue weighted by Crippen LogP contribution is 2.28. The van der Waals surface area contributed by atoms with Crippen LogP contribution in [0.5, 0.6) is 5.75 Å². The molecule has 0 amide bonds. The summed E-state index contributed by atoms with van der Waals surface area (Å²) in [7, 11) is 5.30. The van der Waals surface area contributed by atoms with Crippen molar-refractivity contribution in [2.45, 2.75) is 31.3 Å². The Bertz CT molecular complexity index is 426. The monoisotopic (exact) mass is 295 g/mol. The van der Waals surface area contributed by atoms with E-state index in [-0.39, 0.29) is 12.2 Å². The van der Waals surface area contributed by atoms with E-state index in [1.54, 1.807) is 14.2 Å². The van der Waals surface area contributed by atoms with E-state index in [0.717, 1.165) is 17.7 Å². The first kappa shape index (κ1) is 16.2. The fraction of sp³-hybridized carbons (Fsp3) is 0.625. The predicted molar refractivity (Wildman–Crippen MR) is 80.7 cm³/mol. The molecular formula is C16H25NO4. The van der Waals surface area contributed by atoms with Crippen molar-refractivity contribution < 1.29 is 18.9 Å². The van der Waals surface area contributed by atoms with Crippen LogP contribution >= 0.6 is 0 Å². The molecule has 1 fully saturated rings. The summed E-state index contributed by atoms with van der Waals surface area (Å²) in [5.41, 5.74) is 1.11. The van der Waals surface area contributed by atoms with Crippen molar-refractivity contribution in [3.05, 3.63) is 29.8 Å². The lowest BCUT2D eigenvalue weighted by molar-refractivity contribution is -0.155. The van der Waals surface area contributed by atoms with E-state index in [2.05, 4.69) is 5.32 Å². The number of nitrogens with one attached hydrogen (secondary N) is 1. The smallest absolute Gasteiger partial charge is 0.119 e. The number of hydrogen-bond donors (Lipinski definition) is 1. The van der Waals surface area contributed by atoms with Crippen molar-refractivity contribution >= 4 is 0 Å². The van der Waals surface area contributed by atoms with Crippen LogP contribution in [0.1, 0.15) is 12.0 Å². The molecule has 21 heavy (non-hydrogen) atoms. The Balaban J connectivity index is 1.81. The van der Waals surface area contributed by atoms with Crippen LogP contribution in [-0.4, -0.2) is 52.7 Å². The summed E-state index contributed by atoms with van der Waals surface area (Å²) in [5, 5.41) is 3.26. The van der Waals surface area contributed by atoms with Crippen molar-refractivity contribution in [2.75, 3.05) is 34.5 Å². The standard InChI is InChI=1S/C16H25NO4/c1-17-14-10-15(16(14)20-8-7-18-2)21-11-12-5-4-6-13(9-12)19-3/h4-6,9,14-17H,7-8,10-11H2,1-3H3. The Labute approximate surface area is 126 Å². The van der Waals surface area contributed by atoms with Gasteiger partial charge in [-0.1, -0.05) is 12.1 Å². The highest BCUT2D eigenvalue weighted by molar-refractivity contribution is 5.27. The molecule has 1 aliphatic rings. The number of rotatable bonds is 9. The number of benzene rings is 1. The Kier molecular flexibility index (Phi) is 6.45. The maximum absolute atomic E-state index is 5.98. The van der Waals surface area contributed by atoms with Crippen molar-refractivity contribution in [1.29, 1.82) is 0 Å². The van der Waals surface area contributed by atoms with Gasteiger partial charge in [-0.05, 0) is 31.2 Å². The lowest BCUT2D eigenvalue weighted by Crippen LogP contribution is -2.59. The number of ether oxygens (including phenoxy) is 4. The highest BCUT2D eigenvalue weighted by atomic mass is 16.6. The van der Waals surface area contributed by atoms with E-state index in [4.69, 9.17) is 18.9 Å². The third-order valence-corrected chi connectivity index (χ3v) is 3.82. The summed E-state index contributed by atoms with van der Waals surface area (Å²) in [4.78, 5) is 0. The molecule has 1 N–H and O–H groups in total. The second-order valence-electron chi connectivity index (χ2n) is 5.16. The fourth-order valence-electron chi connectivity index (χ4n) is 2.48.